The number of aliphatic hydroxyl groups is 2. The van der Waals surface area contributed by atoms with Crippen LogP contribution in [0.5, 0.6) is 0 Å². The zero-order chi connectivity index (χ0) is 13.0. The van der Waals surface area contributed by atoms with Gasteiger partial charge in [0.15, 0.2) is 0 Å². The lowest BCUT2D eigenvalue weighted by Crippen LogP contribution is -2.34. The third kappa shape index (κ3) is 3.92. The fourth-order valence-corrected chi connectivity index (χ4v) is 1.43. The molecule has 1 heterocycles. The molecule has 1 aromatic rings. The lowest BCUT2D eigenvalue weighted by molar-refractivity contribution is -0.119. The predicted octanol–water partition coefficient (Wildman–Crippen LogP) is 0.405. The number of halogens is 2. The van der Waals surface area contributed by atoms with Crippen molar-refractivity contribution in [3.05, 3.63) is 28.8 Å². The van der Waals surface area contributed by atoms with Crippen molar-refractivity contribution in [1.29, 1.82) is 0 Å². The molecular weight excluding hydrogens is 251 g/mol. The van der Waals surface area contributed by atoms with Gasteiger partial charge >= 0.3 is 0 Å². The highest BCUT2D eigenvalue weighted by atomic mass is 35.5. The van der Waals surface area contributed by atoms with Gasteiger partial charge in [-0.3, -0.25) is 4.79 Å². The fraction of sp³-hybridized carbons (Fsp3) is 0.400. The van der Waals surface area contributed by atoms with E-state index in [2.05, 4.69) is 10.3 Å². The van der Waals surface area contributed by atoms with E-state index in [0.29, 0.717) is 0 Å². The van der Waals surface area contributed by atoms with Crippen LogP contribution in [0.25, 0.3) is 0 Å². The Morgan fingerprint density at radius 2 is 2.29 bits per heavy atom. The van der Waals surface area contributed by atoms with E-state index in [1.54, 1.807) is 0 Å². The predicted molar refractivity (Wildman–Crippen MR) is 58.9 cm³/mol. The van der Waals surface area contributed by atoms with Crippen molar-refractivity contribution in [1.82, 2.24) is 10.3 Å². The molecule has 0 aromatic carbocycles. The first kappa shape index (κ1) is 13.8. The van der Waals surface area contributed by atoms with Crippen molar-refractivity contribution < 1.29 is 19.4 Å². The Morgan fingerprint density at radius 3 is 2.88 bits per heavy atom. The summed E-state index contributed by atoms with van der Waals surface area (Å²) in [5.74, 6) is -1.02. The maximum atomic E-state index is 12.9. The lowest BCUT2D eigenvalue weighted by Gasteiger charge is -2.18. The molecule has 94 valence electrons. The molecule has 0 aliphatic carbocycles. The van der Waals surface area contributed by atoms with Crippen LogP contribution in [0.3, 0.4) is 0 Å². The molecule has 3 N–H and O–H groups in total. The lowest BCUT2D eigenvalue weighted by atomic mass is 10.1. The number of amides is 1. The van der Waals surface area contributed by atoms with Gasteiger partial charge in [-0.15, -0.1) is 0 Å². The van der Waals surface area contributed by atoms with Gasteiger partial charge in [0.1, 0.15) is 23.2 Å². The van der Waals surface area contributed by atoms with Gasteiger partial charge in [0.2, 0.25) is 5.91 Å². The number of nitrogens with zero attached hydrogens (tertiary/aromatic N) is 1. The Bertz CT molecular complexity index is 417. The monoisotopic (exact) mass is 262 g/mol. The first-order chi connectivity index (χ1) is 7.91. The van der Waals surface area contributed by atoms with Crippen LogP contribution in [0.1, 0.15) is 18.6 Å². The molecule has 1 aromatic heterocycles. The quantitative estimate of drug-likeness (QED) is 0.686. The van der Waals surface area contributed by atoms with Crippen molar-refractivity contribution in [2.75, 3.05) is 6.54 Å². The second kappa shape index (κ2) is 5.90. The number of pyridine rings is 1. The average molecular weight is 263 g/mol. The molecule has 2 unspecified atom stereocenters. The molecule has 7 heteroatoms. The van der Waals surface area contributed by atoms with E-state index in [0.717, 1.165) is 12.3 Å². The number of aromatic nitrogens is 1. The normalized spacial score (nSPS) is 14.2. The number of hydrogen-bond acceptors (Lipinski definition) is 4. The van der Waals surface area contributed by atoms with Crippen molar-refractivity contribution in [2.24, 2.45) is 0 Å². The number of carbonyl (C=O) groups is 1. The second-order valence-electron chi connectivity index (χ2n) is 3.48. The summed E-state index contributed by atoms with van der Waals surface area (Å²) in [7, 11) is 0. The van der Waals surface area contributed by atoms with Crippen LogP contribution in [-0.2, 0) is 4.79 Å². The maximum absolute atomic E-state index is 12.9. The molecule has 0 saturated heterocycles. The summed E-state index contributed by atoms with van der Waals surface area (Å²) in [5.41, 5.74) is -0.0236. The third-order valence-corrected chi connectivity index (χ3v) is 2.39. The van der Waals surface area contributed by atoms with E-state index >= 15 is 0 Å². The van der Waals surface area contributed by atoms with Crippen molar-refractivity contribution >= 4 is 17.5 Å². The van der Waals surface area contributed by atoms with Crippen molar-refractivity contribution in [2.45, 2.75) is 19.1 Å². The molecule has 0 aliphatic rings. The summed E-state index contributed by atoms with van der Waals surface area (Å²) in [5, 5.41) is 21.5. The zero-order valence-electron chi connectivity index (χ0n) is 9.02. The molecule has 1 rings (SSSR count). The van der Waals surface area contributed by atoms with E-state index in [4.69, 9.17) is 11.6 Å². The van der Waals surface area contributed by atoms with E-state index in [9.17, 15) is 19.4 Å². The van der Waals surface area contributed by atoms with Gasteiger partial charge in [-0.25, -0.2) is 9.37 Å². The van der Waals surface area contributed by atoms with E-state index < -0.39 is 18.0 Å². The number of hydrogen-bond donors (Lipinski definition) is 3. The Kier molecular flexibility index (Phi) is 4.80. The third-order valence-electron chi connectivity index (χ3n) is 2.08. The maximum Gasteiger partial charge on any atom is 0.216 e. The van der Waals surface area contributed by atoms with Gasteiger partial charge in [0.25, 0.3) is 0 Å². The average Bonchev–Trinajstić information content (AvgIpc) is 2.28. The zero-order valence-corrected chi connectivity index (χ0v) is 9.78. The molecule has 2 atom stereocenters. The summed E-state index contributed by atoms with van der Waals surface area (Å²) in [6.45, 7) is 1.11. The van der Waals surface area contributed by atoms with Crippen molar-refractivity contribution in [3.8, 4) is 0 Å². The number of nitrogens with one attached hydrogen (secondary N) is 1. The molecule has 1 amide bonds. The molecule has 0 fully saturated rings. The molecule has 0 aliphatic heterocycles. The molecule has 0 saturated carbocycles. The van der Waals surface area contributed by atoms with Crippen LogP contribution >= 0.6 is 11.6 Å². The Morgan fingerprint density at radius 1 is 1.65 bits per heavy atom. The number of rotatable bonds is 4. The highest BCUT2D eigenvalue weighted by molar-refractivity contribution is 6.30. The van der Waals surface area contributed by atoms with E-state index in [1.165, 1.54) is 6.92 Å². The van der Waals surface area contributed by atoms with Crippen LogP contribution in [0.2, 0.25) is 5.15 Å². The van der Waals surface area contributed by atoms with Crippen LogP contribution in [-0.4, -0.2) is 33.8 Å². The van der Waals surface area contributed by atoms with Crippen LogP contribution in [0.4, 0.5) is 4.39 Å². The SMILES string of the molecule is CC(=O)NCC(O)C(O)c1cc(F)cnc1Cl. The van der Waals surface area contributed by atoms with Gasteiger partial charge in [0.05, 0.1) is 6.20 Å². The first-order valence-corrected chi connectivity index (χ1v) is 5.21. The summed E-state index contributed by atoms with van der Waals surface area (Å²) >= 11 is 5.66. The molecule has 0 spiro atoms. The minimum Gasteiger partial charge on any atom is -0.388 e. The van der Waals surface area contributed by atoms with Gasteiger partial charge in [0, 0.05) is 19.0 Å². The Labute approximate surface area is 102 Å². The second-order valence-corrected chi connectivity index (χ2v) is 3.84. The summed E-state index contributed by atoms with van der Waals surface area (Å²) in [6, 6.07) is 0.983. The van der Waals surface area contributed by atoms with Crippen LogP contribution < -0.4 is 5.32 Å². The topological polar surface area (TPSA) is 82.5 Å². The number of carbonyl (C=O) groups excluding carboxylic acids is 1. The molecule has 5 nitrogen and oxygen atoms in total. The summed E-state index contributed by atoms with van der Waals surface area (Å²) in [6.07, 6.45) is -1.81. The standard InChI is InChI=1S/C10H12ClFN2O3/c1-5(15)13-4-8(16)9(17)7-2-6(12)3-14-10(7)11/h2-3,8-9,16-17H,4H2,1H3,(H,13,15). The minimum atomic E-state index is -1.42. The Balaban J connectivity index is 2.77. The van der Waals surface area contributed by atoms with Crippen molar-refractivity contribution in [3.63, 3.8) is 0 Å². The molecule has 0 bridgehead atoms. The largest absolute Gasteiger partial charge is 0.388 e. The van der Waals surface area contributed by atoms with E-state index in [-0.39, 0.29) is 23.2 Å². The summed E-state index contributed by atoms with van der Waals surface area (Å²) in [4.78, 5) is 14.1. The highest BCUT2D eigenvalue weighted by Gasteiger charge is 2.22. The van der Waals surface area contributed by atoms with Gasteiger partial charge in [-0.05, 0) is 6.07 Å². The number of aliphatic hydroxyl groups excluding tert-OH is 2. The smallest absolute Gasteiger partial charge is 0.216 e. The van der Waals surface area contributed by atoms with E-state index in [1.807, 2.05) is 0 Å². The van der Waals surface area contributed by atoms with Gasteiger partial charge in [-0.1, -0.05) is 11.6 Å². The van der Waals surface area contributed by atoms with Gasteiger partial charge < -0.3 is 15.5 Å². The molecule has 17 heavy (non-hydrogen) atoms. The summed E-state index contributed by atoms with van der Waals surface area (Å²) < 4.78 is 12.9. The van der Waals surface area contributed by atoms with Crippen LogP contribution in [0, 0.1) is 5.82 Å². The highest BCUT2D eigenvalue weighted by Crippen LogP contribution is 2.23. The van der Waals surface area contributed by atoms with Gasteiger partial charge in [-0.2, -0.15) is 0 Å². The fourth-order valence-electron chi connectivity index (χ4n) is 1.21. The molecular formula is C10H12ClFN2O3. The Hall–Kier alpha value is -1.24. The molecule has 0 radical (unpaired) electrons. The van der Waals surface area contributed by atoms with Crippen LogP contribution in [0.15, 0.2) is 12.3 Å². The minimum absolute atomic E-state index is 0.0236. The first-order valence-electron chi connectivity index (χ1n) is 4.83.